The van der Waals surface area contributed by atoms with E-state index in [9.17, 15) is 0 Å². The van der Waals surface area contributed by atoms with E-state index < -0.39 is 0 Å². The van der Waals surface area contributed by atoms with Crippen molar-refractivity contribution in [2.45, 2.75) is 20.8 Å². The molecule has 0 bridgehead atoms. The van der Waals surface area contributed by atoms with Crippen LogP contribution in [0.1, 0.15) is 16.7 Å². The van der Waals surface area contributed by atoms with E-state index in [0.717, 1.165) is 17.1 Å². The van der Waals surface area contributed by atoms with E-state index >= 15 is 0 Å². The molecule has 24 heavy (non-hydrogen) atoms. The highest BCUT2D eigenvalue weighted by Crippen LogP contribution is 2.38. The molecule has 0 aliphatic heterocycles. The molecule has 2 nitrogen and oxygen atoms in total. The van der Waals surface area contributed by atoms with Gasteiger partial charge in [-0.3, -0.25) is 0 Å². The number of rotatable bonds is 4. The quantitative estimate of drug-likeness (QED) is 0.577. The zero-order valence-electron chi connectivity index (χ0n) is 14.7. The SMILES string of the molecule is COc1cccc(N(c2ccc(C)cc2)c2cc(C)ccc2C)c1. The van der Waals surface area contributed by atoms with E-state index in [-0.39, 0.29) is 0 Å². The fraction of sp³-hybridized carbons (Fsp3) is 0.182. The van der Waals surface area contributed by atoms with Gasteiger partial charge in [0.1, 0.15) is 5.75 Å². The van der Waals surface area contributed by atoms with E-state index in [1.165, 1.54) is 22.4 Å². The first-order chi connectivity index (χ1) is 11.6. The van der Waals surface area contributed by atoms with Gasteiger partial charge in [-0.25, -0.2) is 0 Å². The van der Waals surface area contributed by atoms with Gasteiger partial charge in [0.05, 0.1) is 7.11 Å². The average molecular weight is 317 g/mol. The second-order valence-corrected chi connectivity index (χ2v) is 6.16. The van der Waals surface area contributed by atoms with E-state index in [1.807, 2.05) is 12.1 Å². The average Bonchev–Trinajstić information content (AvgIpc) is 2.60. The highest BCUT2D eigenvalue weighted by atomic mass is 16.5. The molecule has 3 rings (SSSR count). The molecule has 0 amide bonds. The summed E-state index contributed by atoms with van der Waals surface area (Å²) in [5, 5.41) is 0. The van der Waals surface area contributed by atoms with Crippen molar-refractivity contribution in [3.63, 3.8) is 0 Å². The summed E-state index contributed by atoms with van der Waals surface area (Å²) in [6, 6.07) is 23.4. The van der Waals surface area contributed by atoms with Crippen molar-refractivity contribution in [1.82, 2.24) is 0 Å². The van der Waals surface area contributed by atoms with Gasteiger partial charge in [-0.1, -0.05) is 35.9 Å². The second-order valence-electron chi connectivity index (χ2n) is 6.16. The lowest BCUT2D eigenvalue weighted by Gasteiger charge is -2.27. The van der Waals surface area contributed by atoms with Gasteiger partial charge in [0.15, 0.2) is 0 Å². The minimum absolute atomic E-state index is 0.856. The Morgan fingerprint density at radius 2 is 1.42 bits per heavy atom. The Kier molecular flexibility index (Phi) is 4.57. The van der Waals surface area contributed by atoms with E-state index in [0.29, 0.717) is 0 Å². The molecule has 2 heteroatoms. The van der Waals surface area contributed by atoms with Crippen molar-refractivity contribution in [2.24, 2.45) is 0 Å². The van der Waals surface area contributed by atoms with Crippen molar-refractivity contribution in [3.05, 3.63) is 83.4 Å². The molecule has 0 heterocycles. The maximum absolute atomic E-state index is 5.42. The Bertz CT molecular complexity index is 837. The Morgan fingerprint density at radius 1 is 0.708 bits per heavy atom. The van der Waals surface area contributed by atoms with Crippen LogP contribution in [0.2, 0.25) is 0 Å². The first-order valence-corrected chi connectivity index (χ1v) is 8.16. The minimum atomic E-state index is 0.856. The highest BCUT2D eigenvalue weighted by molar-refractivity contribution is 5.79. The molecule has 122 valence electrons. The van der Waals surface area contributed by atoms with Crippen LogP contribution >= 0.6 is 0 Å². The number of nitrogens with zero attached hydrogens (tertiary/aromatic N) is 1. The van der Waals surface area contributed by atoms with Crippen molar-refractivity contribution >= 4 is 17.1 Å². The Morgan fingerprint density at radius 3 is 2.12 bits per heavy atom. The van der Waals surface area contributed by atoms with Gasteiger partial charge in [-0.15, -0.1) is 0 Å². The van der Waals surface area contributed by atoms with Crippen molar-refractivity contribution < 1.29 is 4.74 Å². The molecule has 0 aliphatic rings. The number of anilines is 3. The monoisotopic (exact) mass is 317 g/mol. The lowest BCUT2D eigenvalue weighted by molar-refractivity contribution is 0.415. The standard InChI is InChI=1S/C22H23NO/c1-16-9-12-19(13-10-16)23(20-6-5-7-21(15-20)24-4)22-14-17(2)8-11-18(22)3/h5-15H,1-4H3. The molecular formula is C22H23NO. The Balaban J connectivity index is 2.20. The molecule has 0 saturated heterocycles. The van der Waals surface area contributed by atoms with Crippen LogP contribution in [0.15, 0.2) is 66.7 Å². The molecule has 0 saturated carbocycles. The van der Waals surface area contributed by atoms with Crippen molar-refractivity contribution in [2.75, 3.05) is 12.0 Å². The number of methoxy groups -OCH3 is 1. The van der Waals surface area contributed by atoms with Gasteiger partial charge in [0.2, 0.25) is 0 Å². The highest BCUT2D eigenvalue weighted by Gasteiger charge is 2.15. The first-order valence-electron chi connectivity index (χ1n) is 8.16. The lowest BCUT2D eigenvalue weighted by Crippen LogP contribution is -2.11. The summed E-state index contributed by atoms with van der Waals surface area (Å²) in [5.41, 5.74) is 7.16. The van der Waals surface area contributed by atoms with Gasteiger partial charge in [0, 0.05) is 23.1 Å². The Hall–Kier alpha value is -2.74. The fourth-order valence-corrected chi connectivity index (χ4v) is 2.83. The topological polar surface area (TPSA) is 12.5 Å². The van der Waals surface area contributed by atoms with Gasteiger partial charge in [-0.2, -0.15) is 0 Å². The molecular weight excluding hydrogens is 294 g/mol. The second kappa shape index (κ2) is 6.79. The summed E-state index contributed by atoms with van der Waals surface area (Å²) in [6.45, 7) is 6.38. The van der Waals surface area contributed by atoms with Crippen LogP contribution in [0.25, 0.3) is 0 Å². The first kappa shape index (κ1) is 16.1. The molecule has 0 atom stereocenters. The molecule has 0 aromatic heterocycles. The summed E-state index contributed by atoms with van der Waals surface area (Å²) in [7, 11) is 1.70. The van der Waals surface area contributed by atoms with E-state index in [2.05, 4.69) is 80.3 Å². The van der Waals surface area contributed by atoms with Gasteiger partial charge in [-0.05, 0) is 62.2 Å². The number of hydrogen-bond acceptors (Lipinski definition) is 2. The molecule has 0 aliphatic carbocycles. The van der Waals surface area contributed by atoms with Crippen LogP contribution < -0.4 is 9.64 Å². The fourth-order valence-electron chi connectivity index (χ4n) is 2.83. The van der Waals surface area contributed by atoms with Crippen LogP contribution in [-0.4, -0.2) is 7.11 Å². The van der Waals surface area contributed by atoms with Gasteiger partial charge in [0.25, 0.3) is 0 Å². The third-order valence-electron chi connectivity index (χ3n) is 4.21. The smallest absolute Gasteiger partial charge is 0.120 e. The molecule has 0 fully saturated rings. The third kappa shape index (κ3) is 3.28. The van der Waals surface area contributed by atoms with Crippen molar-refractivity contribution in [1.29, 1.82) is 0 Å². The van der Waals surface area contributed by atoms with Crippen LogP contribution in [0.5, 0.6) is 5.75 Å². The van der Waals surface area contributed by atoms with Crippen LogP contribution in [-0.2, 0) is 0 Å². The largest absolute Gasteiger partial charge is 0.497 e. The summed E-state index contributed by atoms with van der Waals surface area (Å²) >= 11 is 0. The van der Waals surface area contributed by atoms with E-state index in [1.54, 1.807) is 7.11 Å². The molecule has 0 radical (unpaired) electrons. The summed E-state index contributed by atoms with van der Waals surface area (Å²) < 4.78 is 5.42. The predicted molar refractivity (Wildman–Crippen MR) is 102 cm³/mol. The zero-order chi connectivity index (χ0) is 17.1. The molecule has 0 N–H and O–H groups in total. The normalized spacial score (nSPS) is 10.5. The molecule has 0 spiro atoms. The number of aryl methyl sites for hydroxylation is 3. The van der Waals surface area contributed by atoms with Crippen LogP contribution in [0.4, 0.5) is 17.1 Å². The molecule has 3 aromatic rings. The zero-order valence-corrected chi connectivity index (χ0v) is 14.7. The van der Waals surface area contributed by atoms with Gasteiger partial charge < -0.3 is 9.64 Å². The number of benzene rings is 3. The number of ether oxygens (including phenoxy) is 1. The van der Waals surface area contributed by atoms with E-state index in [4.69, 9.17) is 4.74 Å². The summed E-state index contributed by atoms with van der Waals surface area (Å²) in [5.74, 6) is 0.856. The molecule has 0 unspecified atom stereocenters. The number of hydrogen-bond donors (Lipinski definition) is 0. The predicted octanol–water partition coefficient (Wildman–Crippen LogP) is 6.09. The maximum atomic E-state index is 5.42. The van der Waals surface area contributed by atoms with Crippen LogP contribution in [0, 0.1) is 20.8 Å². The summed E-state index contributed by atoms with van der Waals surface area (Å²) in [6.07, 6.45) is 0. The summed E-state index contributed by atoms with van der Waals surface area (Å²) in [4.78, 5) is 2.28. The van der Waals surface area contributed by atoms with Gasteiger partial charge >= 0.3 is 0 Å². The van der Waals surface area contributed by atoms with Crippen LogP contribution in [0.3, 0.4) is 0 Å². The molecule has 3 aromatic carbocycles. The maximum Gasteiger partial charge on any atom is 0.120 e. The Labute approximate surface area is 144 Å². The lowest BCUT2D eigenvalue weighted by atomic mass is 10.1. The minimum Gasteiger partial charge on any atom is -0.497 e. The third-order valence-corrected chi connectivity index (χ3v) is 4.21. The van der Waals surface area contributed by atoms with Crippen molar-refractivity contribution in [3.8, 4) is 5.75 Å².